The molecule has 58 valence electrons. The maximum Gasteiger partial charge on any atom is 0.376 e. The van der Waals surface area contributed by atoms with Crippen LogP contribution in [0.1, 0.15) is 6.42 Å². The monoisotopic (exact) mass is 159 g/mol. The molecular formula is C6H14BNOS. The second kappa shape index (κ2) is 4.26. The lowest BCUT2D eigenvalue weighted by atomic mass is 9.89. The van der Waals surface area contributed by atoms with Crippen LogP contribution in [0.15, 0.2) is 0 Å². The Balaban J connectivity index is 2.06. The zero-order valence-corrected chi connectivity index (χ0v) is 7.41. The summed E-state index contributed by atoms with van der Waals surface area (Å²) in [5, 5.41) is 3.35. The highest BCUT2D eigenvalue weighted by molar-refractivity contribution is 7.98. The van der Waals surface area contributed by atoms with Crippen molar-refractivity contribution in [3.63, 3.8) is 0 Å². The van der Waals surface area contributed by atoms with Gasteiger partial charge in [-0.2, -0.15) is 11.8 Å². The van der Waals surface area contributed by atoms with Crippen molar-refractivity contribution in [2.24, 2.45) is 0 Å². The zero-order chi connectivity index (χ0) is 7.40. The number of thioether (sulfide) groups is 1. The molecule has 0 amide bonds. The van der Waals surface area contributed by atoms with E-state index >= 15 is 0 Å². The van der Waals surface area contributed by atoms with Crippen molar-refractivity contribution in [2.45, 2.75) is 19.3 Å². The minimum atomic E-state index is 0.270. The van der Waals surface area contributed by atoms with Gasteiger partial charge in [0.05, 0.1) is 0 Å². The van der Waals surface area contributed by atoms with E-state index in [1.807, 2.05) is 11.8 Å². The van der Waals surface area contributed by atoms with Crippen molar-refractivity contribution in [3.8, 4) is 0 Å². The van der Waals surface area contributed by atoms with Crippen LogP contribution in [0.2, 0.25) is 6.82 Å². The van der Waals surface area contributed by atoms with E-state index in [4.69, 9.17) is 4.65 Å². The standard InChI is InChI=1S/C6H14BNOS/c1-7-8-6(5-9-7)3-4-10-2/h6,8H,3-5H2,1-2H3/t6-/m0/s1. The van der Waals surface area contributed by atoms with Crippen LogP contribution < -0.4 is 5.23 Å². The van der Waals surface area contributed by atoms with Gasteiger partial charge in [-0.3, -0.25) is 0 Å². The first-order chi connectivity index (χ1) is 4.83. The second-order valence-electron chi connectivity index (χ2n) is 2.62. The van der Waals surface area contributed by atoms with Gasteiger partial charge < -0.3 is 9.88 Å². The van der Waals surface area contributed by atoms with Gasteiger partial charge in [0.1, 0.15) is 0 Å². The van der Waals surface area contributed by atoms with E-state index in [-0.39, 0.29) is 7.05 Å². The maximum absolute atomic E-state index is 5.34. The van der Waals surface area contributed by atoms with Crippen molar-refractivity contribution in [2.75, 3.05) is 18.6 Å². The van der Waals surface area contributed by atoms with Gasteiger partial charge in [-0.05, 0) is 25.3 Å². The van der Waals surface area contributed by atoms with Gasteiger partial charge in [0.15, 0.2) is 0 Å². The summed E-state index contributed by atoms with van der Waals surface area (Å²) in [7, 11) is 0.270. The molecule has 1 fully saturated rings. The molecule has 0 unspecified atom stereocenters. The molecule has 0 radical (unpaired) electrons. The number of rotatable bonds is 3. The van der Waals surface area contributed by atoms with Crippen molar-refractivity contribution in [1.82, 2.24) is 5.23 Å². The molecule has 0 aromatic heterocycles. The first-order valence-corrected chi connectivity index (χ1v) is 5.09. The van der Waals surface area contributed by atoms with Gasteiger partial charge in [-0.25, -0.2) is 0 Å². The lowest BCUT2D eigenvalue weighted by molar-refractivity contribution is 0.339. The van der Waals surface area contributed by atoms with Gasteiger partial charge in [0, 0.05) is 12.6 Å². The van der Waals surface area contributed by atoms with E-state index in [1.54, 1.807) is 0 Å². The van der Waals surface area contributed by atoms with Crippen LogP contribution in [0.3, 0.4) is 0 Å². The topological polar surface area (TPSA) is 21.3 Å². The van der Waals surface area contributed by atoms with Crippen LogP contribution in [0.4, 0.5) is 0 Å². The average Bonchev–Trinajstić information content (AvgIpc) is 2.31. The summed E-state index contributed by atoms with van der Waals surface area (Å²) in [5.41, 5.74) is 0. The smallest absolute Gasteiger partial charge is 0.376 e. The molecule has 1 saturated heterocycles. The molecule has 0 saturated carbocycles. The molecule has 1 atom stereocenters. The third kappa shape index (κ3) is 2.52. The van der Waals surface area contributed by atoms with Crippen molar-refractivity contribution in [3.05, 3.63) is 0 Å². The molecule has 0 spiro atoms. The van der Waals surface area contributed by atoms with E-state index in [0.29, 0.717) is 6.04 Å². The summed E-state index contributed by atoms with van der Waals surface area (Å²) < 4.78 is 5.34. The highest BCUT2D eigenvalue weighted by Crippen LogP contribution is 2.06. The van der Waals surface area contributed by atoms with E-state index in [2.05, 4.69) is 18.3 Å². The molecule has 0 aromatic rings. The van der Waals surface area contributed by atoms with Crippen LogP contribution in [-0.2, 0) is 4.65 Å². The summed E-state index contributed by atoms with van der Waals surface area (Å²) in [6.07, 6.45) is 3.37. The third-order valence-electron chi connectivity index (χ3n) is 1.69. The summed E-state index contributed by atoms with van der Waals surface area (Å²) in [5.74, 6) is 1.23. The third-order valence-corrected chi connectivity index (χ3v) is 2.33. The highest BCUT2D eigenvalue weighted by atomic mass is 32.2. The van der Waals surface area contributed by atoms with Crippen LogP contribution in [0.5, 0.6) is 0 Å². The Kier molecular flexibility index (Phi) is 3.59. The molecule has 1 aliphatic rings. The fourth-order valence-corrected chi connectivity index (χ4v) is 1.64. The summed E-state index contributed by atoms with van der Waals surface area (Å²) in [4.78, 5) is 0. The first-order valence-electron chi connectivity index (χ1n) is 3.69. The second-order valence-corrected chi connectivity index (χ2v) is 3.61. The molecule has 1 aliphatic heterocycles. The van der Waals surface area contributed by atoms with Gasteiger partial charge in [0.25, 0.3) is 0 Å². The molecular weight excluding hydrogens is 145 g/mol. The lowest BCUT2D eigenvalue weighted by Gasteiger charge is -2.06. The van der Waals surface area contributed by atoms with Gasteiger partial charge in [0.2, 0.25) is 0 Å². The van der Waals surface area contributed by atoms with Crippen LogP contribution in [0.25, 0.3) is 0 Å². The minimum absolute atomic E-state index is 0.270. The van der Waals surface area contributed by atoms with Gasteiger partial charge >= 0.3 is 7.05 Å². The first kappa shape index (κ1) is 8.43. The largest absolute Gasteiger partial charge is 0.420 e. The van der Waals surface area contributed by atoms with Crippen molar-refractivity contribution < 1.29 is 4.65 Å². The number of hydrogen-bond donors (Lipinski definition) is 1. The van der Waals surface area contributed by atoms with Crippen LogP contribution >= 0.6 is 11.8 Å². The molecule has 1 N–H and O–H groups in total. The van der Waals surface area contributed by atoms with E-state index < -0.39 is 0 Å². The average molecular weight is 159 g/mol. The molecule has 0 aromatic carbocycles. The lowest BCUT2D eigenvalue weighted by Crippen LogP contribution is -2.32. The Labute approximate surface area is 67.2 Å². The van der Waals surface area contributed by atoms with Gasteiger partial charge in [-0.1, -0.05) is 0 Å². The fraction of sp³-hybridized carbons (Fsp3) is 1.00. The number of nitrogens with one attached hydrogen (secondary N) is 1. The molecule has 1 heterocycles. The SMILES string of the molecule is CSCC[C@H]1COB(C)N1. The predicted molar refractivity (Wildman–Crippen MR) is 47.5 cm³/mol. The van der Waals surface area contributed by atoms with Crippen LogP contribution in [0, 0.1) is 0 Å². The highest BCUT2D eigenvalue weighted by Gasteiger charge is 2.23. The molecule has 10 heavy (non-hydrogen) atoms. The van der Waals surface area contributed by atoms with Crippen molar-refractivity contribution >= 4 is 18.8 Å². The van der Waals surface area contributed by atoms with Gasteiger partial charge in [-0.15, -0.1) is 0 Å². The zero-order valence-electron chi connectivity index (χ0n) is 6.59. The quantitative estimate of drug-likeness (QED) is 0.616. The number of hydrogen-bond acceptors (Lipinski definition) is 3. The van der Waals surface area contributed by atoms with E-state index in [9.17, 15) is 0 Å². The maximum atomic E-state index is 5.34. The summed E-state index contributed by atoms with van der Waals surface area (Å²) in [6.45, 7) is 2.95. The molecule has 0 bridgehead atoms. The van der Waals surface area contributed by atoms with E-state index in [0.717, 1.165) is 6.61 Å². The summed E-state index contributed by atoms with van der Waals surface area (Å²) >= 11 is 1.89. The fourth-order valence-electron chi connectivity index (χ4n) is 1.12. The molecule has 4 heteroatoms. The predicted octanol–water partition coefficient (Wildman–Crippen LogP) is 0.846. The Hall–Kier alpha value is 0.335. The Morgan fingerprint density at radius 1 is 1.80 bits per heavy atom. The Morgan fingerprint density at radius 2 is 2.60 bits per heavy atom. The molecule has 2 nitrogen and oxygen atoms in total. The Morgan fingerprint density at radius 3 is 3.10 bits per heavy atom. The minimum Gasteiger partial charge on any atom is -0.420 e. The molecule has 1 rings (SSSR count). The van der Waals surface area contributed by atoms with E-state index in [1.165, 1.54) is 12.2 Å². The van der Waals surface area contributed by atoms with Crippen LogP contribution in [-0.4, -0.2) is 31.7 Å². The molecule has 0 aliphatic carbocycles. The normalized spacial score (nSPS) is 25.8. The van der Waals surface area contributed by atoms with Crippen molar-refractivity contribution in [1.29, 1.82) is 0 Å². The summed E-state index contributed by atoms with van der Waals surface area (Å²) in [6, 6.07) is 0.599. The Bertz CT molecular complexity index is 104.